The molecule has 0 fully saturated rings. The van der Waals surface area contributed by atoms with E-state index in [9.17, 15) is 9.59 Å². The van der Waals surface area contributed by atoms with Crippen molar-refractivity contribution in [3.05, 3.63) is 95.4 Å². The lowest BCUT2D eigenvalue weighted by atomic mass is 10.2. The molecule has 0 radical (unpaired) electrons. The Morgan fingerprint density at radius 1 is 0.971 bits per heavy atom. The molecule has 0 aliphatic carbocycles. The van der Waals surface area contributed by atoms with E-state index in [0.717, 1.165) is 10.9 Å². The number of benzene rings is 3. The van der Waals surface area contributed by atoms with E-state index in [2.05, 4.69) is 10.3 Å². The maximum Gasteiger partial charge on any atom is 0.266 e. The van der Waals surface area contributed by atoms with Crippen LogP contribution in [0, 0.1) is 0 Å². The van der Waals surface area contributed by atoms with E-state index in [1.54, 1.807) is 38.4 Å². The molecule has 2 heterocycles. The Kier molecular flexibility index (Phi) is 6.20. The molecule has 5 rings (SSSR count). The highest BCUT2D eigenvalue weighted by atomic mass is 32.2. The van der Waals surface area contributed by atoms with Crippen LogP contribution >= 0.6 is 11.8 Å². The lowest BCUT2D eigenvalue weighted by Crippen LogP contribution is -2.26. The molecule has 35 heavy (non-hydrogen) atoms. The maximum atomic E-state index is 13.5. The van der Waals surface area contributed by atoms with E-state index in [4.69, 9.17) is 9.72 Å². The van der Waals surface area contributed by atoms with Crippen LogP contribution in [0.1, 0.15) is 6.92 Å². The Bertz CT molecular complexity index is 1610. The number of pyridine rings is 1. The highest BCUT2D eigenvalue weighted by Gasteiger charge is 2.21. The average molecular weight is 483 g/mol. The number of hydrogen-bond acceptors (Lipinski definition) is 6. The lowest BCUT2D eigenvalue weighted by molar-refractivity contribution is -0.115. The molecule has 174 valence electrons. The highest BCUT2D eigenvalue weighted by molar-refractivity contribution is 8.00. The van der Waals surface area contributed by atoms with Crippen molar-refractivity contribution in [2.24, 2.45) is 0 Å². The fraction of sp³-hybridized carbons (Fsp3) is 0.111. The first-order valence-corrected chi connectivity index (χ1v) is 11.9. The van der Waals surface area contributed by atoms with Crippen molar-refractivity contribution in [3.8, 4) is 11.4 Å². The van der Waals surface area contributed by atoms with Crippen LogP contribution in [0.3, 0.4) is 0 Å². The Hall–Kier alpha value is -4.17. The van der Waals surface area contributed by atoms with Gasteiger partial charge in [0.1, 0.15) is 5.75 Å². The second-order valence-electron chi connectivity index (χ2n) is 7.88. The van der Waals surface area contributed by atoms with E-state index < -0.39 is 5.25 Å². The normalized spacial score (nSPS) is 11.9. The lowest BCUT2D eigenvalue weighted by Gasteiger charge is -2.17. The Balaban J connectivity index is 1.52. The van der Waals surface area contributed by atoms with E-state index in [0.29, 0.717) is 33.2 Å². The zero-order valence-electron chi connectivity index (χ0n) is 19.1. The van der Waals surface area contributed by atoms with Crippen molar-refractivity contribution in [1.82, 2.24) is 14.5 Å². The second-order valence-corrected chi connectivity index (χ2v) is 9.19. The van der Waals surface area contributed by atoms with Gasteiger partial charge in [-0.1, -0.05) is 36.0 Å². The van der Waals surface area contributed by atoms with Crippen LogP contribution in [0.4, 0.5) is 5.69 Å². The van der Waals surface area contributed by atoms with Gasteiger partial charge in [0.15, 0.2) is 5.16 Å². The van der Waals surface area contributed by atoms with Gasteiger partial charge >= 0.3 is 0 Å². The van der Waals surface area contributed by atoms with Gasteiger partial charge in [-0.05, 0) is 55.5 Å². The maximum absolute atomic E-state index is 13.5. The molecule has 0 aliphatic rings. The fourth-order valence-electron chi connectivity index (χ4n) is 3.83. The molecule has 2 aromatic heterocycles. The predicted octanol–water partition coefficient (Wildman–Crippen LogP) is 5.06. The molecular weight excluding hydrogens is 460 g/mol. The second kappa shape index (κ2) is 9.60. The van der Waals surface area contributed by atoms with Gasteiger partial charge in [0, 0.05) is 17.6 Å². The minimum Gasteiger partial charge on any atom is -0.497 e. The molecule has 1 amide bonds. The molecule has 5 aromatic rings. The zero-order valence-corrected chi connectivity index (χ0v) is 20.0. The van der Waals surface area contributed by atoms with Crippen molar-refractivity contribution in [1.29, 1.82) is 0 Å². The van der Waals surface area contributed by atoms with Crippen LogP contribution < -0.4 is 15.6 Å². The Morgan fingerprint density at radius 2 is 1.74 bits per heavy atom. The molecule has 8 heteroatoms. The van der Waals surface area contributed by atoms with Crippen molar-refractivity contribution in [2.75, 3.05) is 12.4 Å². The Morgan fingerprint density at radius 3 is 2.60 bits per heavy atom. The van der Waals surface area contributed by atoms with Crippen molar-refractivity contribution >= 4 is 45.2 Å². The van der Waals surface area contributed by atoms with E-state index in [1.165, 1.54) is 16.3 Å². The van der Waals surface area contributed by atoms with E-state index >= 15 is 0 Å². The summed E-state index contributed by atoms with van der Waals surface area (Å²) in [5.74, 6) is 0.416. The zero-order chi connectivity index (χ0) is 24.4. The summed E-state index contributed by atoms with van der Waals surface area (Å²) in [6, 6.07) is 23.8. The van der Waals surface area contributed by atoms with Crippen molar-refractivity contribution < 1.29 is 9.53 Å². The van der Waals surface area contributed by atoms with Crippen LogP contribution in [0.25, 0.3) is 27.5 Å². The van der Waals surface area contributed by atoms with Gasteiger partial charge in [-0.3, -0.25) is 19.1 Å². The standard InChI is InChI=1S/C27H22N4O3S/c1-17(25(32)29-23-14-6-13-22-20(23)11-7-15-28-22)35-27-30-24-12-4-3-10-21(24)26(33)31(27)18-8-5-9-19(16-18)34-2/h3-17H,1-2H3,(H,29,32). The number of fused-ring (bicyclic) bond motifs is 2. The summed E-state index contributed by atoms with van der Waals surface area (Å²) in [6.07, 6.45) is 1.72. The number of methoxy groups -OCH3 is 1. The molecule has 3 aromatic carbocycles. The number of carbonyl (C=O) groups excluding carboxylic acids is 1. The third-order valence-corrected chi connectivity index (χ3v) is 6.66. The monoisotopic (exact) mass is 482 g/mol. The number of ether oxygens (including phenoxy) is 1. The van der Waals surface area contributed by atoms with Gasteiger partial charge in [0.2, 0.25) is 5.91 Å². The van der Waals surface area contributed by atoms with Gasteiger partial charge in [-0.15, -0.1) is 0 Å². The summed E-state index contributed by atoms with van der Waals surface area (Å²) in [7, 11) is 1.57. The number of para-hydroxylation sites is 1. The molecule has 0 aliphatic heterocycles. The number of carbonyl (C=O) groups is 1. The molecule has 7 nitrogen and oxygen atoms in total. The first-order valence-electron chi connectivity index (χ1n) is 11.0. The third kappa shape index (κ3) is 4.48. The number of aromatic nitrogens is 3. The summed E-state index contributed by atoms with van der Waals surface area (Å²) in [5.41, 5.74) is 2.46. The van der Waals surface area contributed by atoms with E-state index in [-0.39, 0.29) is 11.5 Å². The third-order valence-electron chi connectivity index (χ3n) is 5.61. The summed E-state index contributed by atoms with van der Waals surface area (Å²) >= 11 is 1.22. The molecule has 1 unspecified atom stereocenters. The largest absolute Gasteiger partial charge is 0.497 e. The van der Waals surface area contributed by atoms with Crippen molar-refractivity contribution in [3.63, 3.8) is 0 Å². The number of nitrogens with zero attached hydrogens (tertiary/aromatic N) is 3. The molecule has 0 bridgehead atoms. The molecular formula is C27H22N4O3S. The molecule has 0 spiro atoms. The number of thioether (sulfide) groups is 1. The van der Waals surface area contributed by atoms with Gasteiger partial charge in [-0.25, -0.2) is 4.98 Å². The SMILES string of the molecule is COc1cccc(-n2c(SC(C)C(=O)Nc3cccc4ncccc34)nc3ccccc3c2=O)c1. The van der Waals surface area contributed by atoms with Crippen LogP contribution in [-0.2, 0) is 4.79 Å². The summed E-state index contributed by atoms with van der Waals surface area (Å²) in [6.45, 7) is 1.79. The first kappa shape index (κ1) is 22.6. The van der Waals surface area contributed by atoms with Gasteiger partial charge in [0.25, 0.3) is 5.56 Å². The summed E-state index contributed by atoms with van der Waals surface area (Å²) in [4.78, 5) is 35.8. The number of hydrogen-bond donors (Lipinski definition) is 1. The van der Waals surface area contributed by atoms with Gasteiger partial charge in [0.05, 0.1) is 40.2 Å². The van der Waals surface area contributed by atoms with Gasteiger partial charge in [-0.2, -0.15) is 0 Å². The predicted molar refractivity (Wildman–Crippen MR) is 140 cm³/mol. The fourth-order valence-corrected chi connectivity index (χ4v) is 4.75. The minimum absolute atomic E-state index is 0.203. The van der Waals surface area contributed by atoms with Crippen LogP contribution in [-0.4, -0.2) is 32.8 Å². The van der Waals surface area contributed by atoms with E-state index in [1.807, 2.05) is 60.7 Å². The number of rotatable bonds is 6. The van der Waals surface area contributed by atoms with Crippen LogP contribution in [0.2, 0.25) is 0 Å². The average Bonchev–Trinajstić information content (AvgIpc) is 2.89. The first-order chi connectivity index (χ1) is 17.0. The molecule has 0 saturated heterocycles. The number of anilines is 1. The molecule has 1 N–H and O–H groups in total. The quantitative estimate of drug-likeness (QED) is 0.269. The van der Waals surface area contributed by atoms with Gasteiger partial charge < -0.3 is 10.1 Å². The molecule has 1 atom stereocenters. The minimum atomic E-state index is -0.535. The topological polar surface area (TPSA) is 86.1 Å². The van der Waals surface area contributed by atoms with Crippen LogP contribution in [0.15, 0.2) is 95.0 Å². The highest BCUT2D eigenvalue weighted by Crippen LogP contribution is 2.28. The number of amides is 1. The summed E-state index contributed by atoms with van der Waals surface area (Å²) < 4.78 is 6.88. The van der Waals surface area contributed by atoms with Crippen molar-refractivity contribution in [2.45, 2.75) is 17.3 Å². The summed E-state index contributed by atoms with van der Waals surface area (Å²) in [5, 5.41) is 4.24. The smallest absolute Gasteiger partial charge is 0.266 e. The van der Waals surface area contributed by atoms with Crippen LogP contribution in [0.5, 0.6) is 5.75 Å². The molecule has 0 saturated carbocycles. The number of nitrogens with one attached hydrogen (secondary N) is 1. The Labute approximate surface area is 205 Å².